The van der Waals surface area contributed by atoms with Crippen LogP contribution in [-0.2, 0) is 11.2 Å². The molecule has 2 aromatic carbocycles. The summed E-state index contributed by atoms with van der Waals surface area (Å²) in [7, 11) is 0. The third kappa shape index (κ3) is 2.65. The summed E-state index contributed by atoms with van der Waals surface area (Å²) in [5.41, 5.74) is 9.43. The molecule has 0 atom stereocenters. The quantitative estimate of drug-likeness (QED) is 0.674. The minimum atomic E-state index is -0.205. The number of hydrogen-bond acceptors (Lipinski definition) is 3. The van der Waals surface area contributed by atoms with Crippen LogP contribution in [0.1, 0.15) is 22.3 Å². The van der Waals surface area contributed by atoms with E-state index in [1.54, 1.807) is 23.1 Å². The number of aryl methyl sites for hydroxylation is 1. The summed E-state index contributed by atoms with van der Waals surface area (Å²) in [6, 6.07) is 12.5. The predicted molar refractivity (Wildman–Crippen MR) is 87.0 cm³/mol. The molecule has 0 aromatic heterocycles. The van der Waals surface area contributed by atoms with E-state index in [9.17, 15) is 9.59 Å². The van der Waals surface area contributed by atoms with E-state index in [2.05, 4.69) is 5.32 Å². The highest BCUT2D eigenvalue weighted by atomic mass is 16.1. The minimum absolute atomic E-state index is 0.205. The molecule has 0 fully saturated rings. The molecule has 0 aliphatic carbocycles. The molecule has 112 valence electrons. The van der Waals surface area contributed by atoms with Gasteiger partial charge >= 0.3 is 0 Å². The summed E-state index contributed by atoms with van der Waals surface area (Å²) >= 11 is 0. The highest BCUT2D eigenvalue weighted by Gasteiger charge is 2.18. The van der Waals surface area contributed by atoms with Gasteiger partial charge in [0.05, 0.1) is 11.4 Å². The van der Waals surface area contributed by atoms with Crippen LogP contribution in [0.15, 0.2) is 42.5 Å². The maximum atomic E-state index is 12.4. The lowest BCUT2D eigenvalue weighted by molar-refractivity contribution is -0.107. The Hall–Kier alpha value is -2.82. The van der Waals surface area contributed by atoms with Crippen molar-refractivity contribution in [2.75, 3.05) is 22.5 Å². The molecule has 2 amide bonds. The minimum Gasteiger partial charge on any atom is -0.397 e. The number of anilines is 3. The average molecular weight is 295 g/mol. The number of hydrogen-bond donors (Lipinski definition) is 2. The molecule has 0 radical (unpaired) electrons. The fourth-order valence-electron chi connectivity index (χ4n) is 2.68. The van der Waals surface area contributed by atoms with Gasteiger partial charge in [-0.1, -0.05) is 12.1 Å². The smallest absolute Gasteiger partial charge is 0.255 e. The maximum Gasteiger partial charge on any atom is 0.255 e. The predicted octanol–water partition coefficient (Wildman–Crippen LogP) is 2.43. The first-order chi connectivity index (χ1) is 10.7. The summed E-state index contributed by atoms with van der Waals surface area (Å²) in [5, 5.41) is 2.81. The SMILES string of the molecule is Nc1ccccc1NC(=O)c1ccc2c(c1)CCCN2C=O. The zero-order valence-corrected chi connectivity index (χ0v) is 12.1. The number of nitrogens with one attached hydrogen (secondary N) is 1. The van der Waals surface area contributed by atoms with Crippen LogP contribution in [0.3, 0.4) is 0 Å². The van der Waals surface area contributed by atoms with Crippen molar-refractivity contribution in [1.29, 1.82) is 0 Å². The van der Waals surface area contributed by atoms with Crippen molar-refractivity contribution in [1.82, 2.24) is 0 Å². The number of fused-ring (bicyclic) bond motifs is 1. The monoisotopic (exact) mass is 295 g/mol. The molecule has 5 nitrogen and oxygen atoms in total. The Labute approximate surface area is 128 Å². The molecular formula is C17H17N3O2. The van der Waals surface area contributed by atoms with Crippen molar-refractivity contribution in [3.63, 3.8) is 0 Å². The molecule has 1 aliphatic rings. The normalized spacial score (nSPS) is 13.4. The van der Waals surface area contributed by atoms with Gasteiger partial charge in [-0.3, -0.25) is 9.59 Å². The van der Waals surface area contributed by atoms with E-state index in [0.29, 0.717) is 16.9 Å². The lowest BCUT2D eigenvalue weighted by atomic mass is 9.99. The molecule has 1 aliphatic heterocycles. The van der Waals surface area contributed by atoms with Gasteiger partial charge in [0, 0.05) is 17.8 Å². The summed E-state index contributed by atoms with van der Waals surface area (Å²) in [4.78, 5) is 25.1. The van der Waals surface area contributed by atoms with Crippen molar-refractivity contribution < 1.29 is 9.59 Å². The second-order valence-electron chi connectivity index (χ2n) is 5.29. The molecule has 1 heterocycles. The fraction of sp³-hybridized carbons (Fsp3) is 0.176. The molecule has 0 bridgehead atoms. The average Bonchev–Trinajstić information content (AvgIpc) is 2.55. The Kier molecular flexibility index (Phi) is 3.78. The first kappa shape index (κ1) is 14.1. The summed E-state index contributed by atoms with van der Waals surface area (Å²) in [6.45, 7) is 0.725. The van der Waals surface area contributed by atoms with E-state index in [0.717, 1.165) is 37.0 Å². The molecule has 0 saturated heterocycles. The van der Waals surface area contributed by atoms with Gasteiger partial charge in [-0.05, 0) is 48.7 Å². The summed E-state index contributed by atoms with van der Waals surface area (Å²) in [5.74, 6) is -0.205. The topological polar surface area (TPSA) is 75.4 Å². The van der Waals surface area contributed by atoms with E-state index < -0.39 is 0 Å². The molecule has 3 N–H and O–H groups in total. The Morgan fingerprint density at radius 1 is 1.23 bits per heavy atom. The lowest BCUT2D eigenvalue weighted by Crippen LogP contribution is -2.28. The van der Waals surface area contributed by atoms with Gasteiger partial charge < -0.3 is 16.0 Å². The van der Waals surface area contributed by atoms with E-state index in [-0.39, 0.29) is 5.91 Å². The highest BCUT2D eigenvalue weighted by Crippen LogP contribution is 2.27. The van der Waals surface area contributed by atoms with Gasteiger partial charge in [0.2, 0.25) is 6.41 Å². The van der Waals surface area contributed by atoms with Crippen LogP contribution in [0.5, 0.6) is 0 Å². The molecule has 0 unspecified atom stereocenters. The van der Waals surface area contributed by atoms with E-state index >= 15 is 0 Å². The van der Waals surface area contributed by atoms with Crippen molar-refractivity contribution in [2.45, 2.75) is 12.8 Å². The van der Waals surface area contributed by atoms with Crippen LogP contribution in [0.25, 0.3) is 0 Å². The van der Waals surface area contributed by atoms with Gasteiger partial charge in [-0.25, -0.2) is 0 Å². The van der Waals surface area contributed by atoms with Gasteiger partial charge in [0.25, 0.3) is 5.91 Å². The third-order valence-electron chi connectivity index (χ3n) is 3.83. The molecular weight excluding hydrogens is 278 g/mol. The Balaban J connectivity index is 1.85. The van der Waals surface area contributed by atoms with Gasteiger partial charge in [-0.2, -0.15) is 0 Å². The van der Waals surface area contributed by atoms with Crippen LogP contribution < -0.4 is 16.0 Å². The highest BCUT2D eigenvalue weighted by molar-refractivity contribution is 6.06. The molecule has 2 aromatic rings. The first-order valence-corrected chi connectivity index (χ1v) is 7.20. The summed E-state index contributed by atoms with van der Waals surface area (Å²) in [6.07, 6.45) is 2.61. The fourth-order valence-corrected chi connectivity index (χ4v) is 2.68. The van der Waals surface area contributed by atoms with Gasteiger partial charge in [-0.15, -0.1) is 0 Å². The maximum absolute atomic E-state index is 12.4. The zero-order valence-electron chi connectivity index (χ0n) is 12.1. The van der Waals surface area contributed by atoms with E-state index in [1.165, 1.54) is 0 Å². The molecule has 22 heavy (non-hydrogen) atoms. The number of carbonyl (C=O) groups excluding carboxylic acids is 2. The second-order valence-corrected chi connectivity index (χ2v) is 5.29. The molecule has 5 heteroatoms. The number of amides is 2. The number of carbonyl (C=O) groups is 2. The van der Waals surface area contributed by atoms with E-state index in [1.807, 2.05) is 24.3 Å². The van der Waals surface area contributed by atoms with Crippen LogP contribution in [0, 0.1) is 0 Å². The number of nitrogens with two attached hydrogens (primary N) is 1. The third-order valence-corrected chi connectivity index (χ3v) is 3.83. The molecule has 0 saturated carbocycles. The number of benzene rings is 2. The summed E-state index contributed by atoms with van der Waals surface area (Å²) < 4.78 is 0. The van der Waals surface area contributed by atoms with Crippen LogP contribution in [0.4, 0.5) is 17.1 Å². The molecule has 3 rings (SSSR count). The lowest BCUT2D eigenvalue weighted by Gasteiger charge is -2.26. The standard InChI is InChI=1S/C17H17N3O2/c18-14-5-1-2-6-15(14)19-17(22)13-7-8-16-12(10-13)4-3-9-20(16)11-21/h1-2,5-8,10-11H,3-4,9,18H2,(H,19,22). The van der Waals surface area contributed by atoms with Crippen molar-refractivity contribution in [3.8, 4) is 0 Å². The number of nitrogens with zero attached hydrogens (tertiary/aromatic N) is 1. The molecule has 0 spiro atoms. The number of para-hydroxylation sites is 2. The van der Waals surface area contributed by atoms with E-state index in [4.69, 9.17) is 5.73 Å². The van der Waals surface area contributed by atoms with Crippen molar-refractivity contribution >= 4 is 29.4 Å². The zero-order chi connectivity index (χ0) is 15.5. The Morgan fingerprint density at radius 2 is 2.05 bits per heavy atom. The Bertz CT molecular complexity index is 728. The first-order valence-electron chi connectivity index (χ1n) is 7.20. The largest absolute Gasteiger partial charge is 0.397 e. The Morgan fingerprint density at radius 3 is 2.82 bits per heavy atom. The van der Waals surface area contributed by atoms with Crippen LogP contribution in [-0.4, -0.2) is 18.9 Å². The van der Waals surface area contributed by atoms with Gasteiger partial charge in [0.15, 0.2) is 0 Å². The van der Waals surface area contributed by atoms with Crippen LogP contribution >= 0.6 is 0 Å². The van der Waals surface area contributed by atoms with Crippen molar-refractivity contribution in [3.05, 3.63) is 53.6 Å². The number of nitrogen functional groups attached to an aromatic ring is 1. The number of rotatable bonds is 3. The van der Waals surface area contributed by atoms with Crippen LogP contribution in [0.2, 0.25) is 0 Å². The second kappa shape index (κ2) is 5.89. The van der Waals surface area contributed by atoms with Crippen molar-refractivity contribution in [2.24, 2.45) is 0 Å². The van der Waals surface area contributed by atoms with Gasteiger partial charge in [0.1, 0.15) is 0 Å².